The lowest BCUT2D eigenvalue weighted by Gasteiger charge is -2.32. The van der Waals surface area contributed by atoms with E-state index in [9.17, 15) is 0 Å². The van der Waals surface area contributed by atoms with Crippen LogP contribution in [0.15, 0.2) is 0 Å². The van der Waals surface area contributed by atoms with E-state index in [1.807, 2.05) is 0 Å². The highest BCUT2D eigenvalue weighted by Crippen LogP contribution is 2.50. The van der Waals surface area contributed by atoms with Gasteiger partial charge in [0.05, 0.1) is 12.2 Å². The van der Waals surface area contributed by atoms with Gasteiger partial charge in [-0.15, -0.1) is 11.6 Å². The fraction of sp³-hybridized carbons (Fsp3) is 1.00. The summed E-state index contributed by atoms with van der Waals surface area (Å²) in [5, 5.41) is 0. The van der Waals surface area contributed by atoms with Gasteiger partial charge in [-0.3, -0.25) is 0 Å². The van der Waals surface area contributed by atoms with Gasteiger partial charge >= 0.3 is 0 Å². The molecule has 0 aromatic carbocycles. The molecule has 104 valence electrons. The Bertz CT molecular complexity index is 274. The molecule has 3 fully saturated rings. The summed E-state index contributed by atoms with van der Waals surface area (Å²) >= 11 is 6.32. The van der Waals surface area contributed by atoms with Gasteiger partial charge in [-0.25, -0.2) is 0 Å². The number of halogens is 1. The van der Waals surface area contributed by atoms with Gasteiger partial charge in [-0.05, 0) is 50.9 Å². The molecule has 3 rings (SSSR count). The van der Waals surface area contributed by atoms with Crippen LogP contribution >= 0.6 is 11.6 Å². The summed E-state index contributed by atoms with van der Waals surface area (Å²) in [6.07, 6.45) is 11.1. The molecule has 0 amide bonds. The predicted octanol–water partition coefficient (Wildman–Crippen LogP) is 3.76. The van der Waals surface area contributed by atoms with Crippen LogP contribution in [0.1, 0.15) is 51.4 Å². The second-order valence-corrected chi connectivity index (χ2v) is 6.67. The van der Waals surface area contributed by atoms with Crippen molar-refractivity contribution >= 4 is 11.6 Å². The number of rotatable bonds is 6. The van der Waals surface area contributed by atoms with E-state index in [0.29, 0.717) is 12.2 Å². The highest BCUT2D eigenvalue weighted by atomic mass is 35.5. The first-order chi connectivity index (χ1) is 8.84. The summed E-state index contributed by atoms with van der Waals surface area (Å²) in [6.45, 7) is 1.90. The van der Waals surface area contributed by atoms with Gasteiger partial charge in [0.25, 0.3) is 0 Å². The zero-order chi connectivity index (χ0) is 12.4. The minimum absolute atomic E-state index is 0.279. The zero-order valence-electron chi connectivity index (χ0n) is 11.2. The minimum atomic E-state index is 0.279. The maximum atomic E-state index is 6.32. The molecule has 2 heterocycles. The fourth-order valence-electron chi connectivity index (χ4n) is 3.77. The third-order valence-electron chi connectivity index (χ3n) is 5.04. The van der Waals surface area contributed by atoms with Crippen molar-refractivity contribution in [3.63, 3.8) is 0 Å². The molecule has 0 aromatic heterocycles. The van der Waals surface area contributed by atoms with Gasteiger partial charge in [0.2, 0.25) is 0 Å². The van der Waals surface area contributed by atoms with E-state index in [4.69, 9.17) is 21.1 Å². The molecule has 3 atom stereocenters. The molecule has 3 heteroatoms. The van der Waals surface area contributed by atoms with Crippen molar-refractivity contribution in [3.8, 4) is 0 Å². The average Bonchev–Trinajstić information content (AvgIpc) is 2.93. The van der Waals surface area contributed by atoms with Crippen molar-refractivity contribution in [3.05, 3.63) is 0 Å². The topological polar surface area (TPSA) is 18.5 Å². The molecular formula is C15H25ClO2. The van der Waals surface area contributed by atoms with Crippen LogP contribution in [0.5, 0.6) is 0 Å². The molecule has 3 unspecified atom stereocenters. The maximum absolute atomic E-state index is 6.32. The van der Waals surface area contributed by atoms with Gasteiger partial charge in [0, 0.05) is 24.5 Å². The Hall–Kier alpha value is 0.210. The van der Waals surface area contributed by atoms with Gasteiger partial charge in [0.1, 0.15) is 0 Å². The largest absolute Gasteiger partial charge is 0.378 e. The Morgan fingerprint density at radius 3 is 2.67 bits per heavy atom. The molecule has 2 saturated heterocycles. The van der Waals surface area contributed by atoms with Crippen LogP contribution in [0.25, 0.3) is 0 Å². The monoisotopic (exact) mass is 272 g/mol. The van der Waals surface area contributed by atoms with E-state index < -0.39 is 0 Å². The van der Waals surface area contributed by atoms with Crippen molar-refractivity contribution in [2.24, 2.45) is 11.3 Å². The van der Waals surface area contributed by atoms with E-state index in [2.05, 4.69) is 0 Å². The third-order valence-corrected chi connectivity index (χ3v) is 5.57. The Morgan fingerprint density at radius 1 is 1.11 bits per heavy atom. The SMILES string of the molecule is ClCC1(CCCC2CCCO2)CCOC1C1CC1. The second-order valence-electron chi connectivity index (χ2n) is 6.40. The van der Waals surface area contributed by atoms with Crippen molar-refractivity contribution in [2.75, 3.05) is 19.1 Å². The first-order valence-electron chi connectivity index (χ1n) is 7.63. The molecule has 0 radical (unpaired) electrons. The number of hydrogen-bond donors (Lipinski definition) is 0. The first-order valence-corrected chi connectivity index (χ1v) is 8.17. The predicted molar refractivity (Wildman–Crippen MR) is 73.1 cm³/mol. The van der Waals surface area contributed by atoms with Crippen LogP contribution in [0.2, 0.25) is 0 Å². The summed E-state index contributed by atoms with van der Waals surface area (Å²) in [6, 6.07) is 0. The molecule has 2 aliphatic heterocycles. The van der Waals surface area contributed by atoms with Crippen LogP contribution < -0.4 is 0 Å². The molecule has 0 aromatic rings. The van der Waals surface area contributed by atoms with E-state index in [1.165, 1.54) is 51.4 Å². The second kappa shape index (κ2) is 5.68. The zero-order valence-corrected chi connectivity index (χ0v) is 12.0. The molecule has 0 N–H and O–H groups in total. The van der Waals surface area contributed by atoms with Crippen molar-refractivity contribution < 1.29 is 9.47 Å². The van der Waals surface area contributed by atoms with Crippen LogP contribution in [0.3, 0.4) is 0 Å². The standard InChI is InChI=1S/C15H25ClO2/c16-11-15(7-1-3-13-4-2-9-17-13)8-10-18-14(15)12-5-6-12/h12-14H,1-11H2. The van der Waals surface area contributed by atoms with Gasteiger partial charge in [-0.2, -0.15) is 0 Å². The third kappa shape index (κ3) is 2.71. The maximum Gasteiger partial charge on any atom is 0.0671 e. The van der Waals surface area contributed by atoms with Crippen molar-refractivity contribution in [1.29, 1.82) is 0 Å². The summed E-state index contributed by atoms with van der Waals surface area (Å²) < 4.78 is 11.7. The van der Waals surface area contributed by atoms with Gasteiger partial charge in [0.15, 0.2) is 0 Å². The lowest BCUT2D eigenvalue weighted by molar-refractivity contribution is 0.0325. The quantitative estimate of drug-likeness (QED) is 0.686. The summed E-state index contributed by atoms with van der Waals surface area (Å²) in [4.78, 5) is 0. The number of alkyl halides is 1. The molecule has 18 heavy (non-hydrogen) atoms. The molecule has 0 spiro atoms. The first kappa shape index (κ1) is 13.2. The molecule has 0 bridgehead atoms. The lowest BCUT2D eigenvalue weighted by atomic mass is 9.76. The Balaban J connectivity index is 1.50. The van der Waals surface area contributed by atoms with Crippen LogP contribution in [-0.4, -0.2) is 31.3 Å². The molecular weight excluding hydrogens is 248 g/mol. The Morgan fingerprint density at radius 2 is 2.00 bits per heavy atom. The lowest BCUT2D eigenvalue weighted by Crippen LogP contribution is -2.34. The van der Waals surface area contributed by atoms with Crippen molar-refractivity contribution in [2.45, 2.75) is 63.6 Å². The van der Waals surface area contributed by atoms with Gasteiger partial charge in [-0.1, -0.05) is 6.42 Å². The Labute approximate surface area is 115 Å². The van der Waals surface area contributed by atoms with E-state index >= 15 is 0 Å². The van der Waals surface area contributed by atoms with E-state index in [-0.39, 0.29) is 5.41 Å². The number of ether oxygens (including phenoxy) is 2. The van der Waals surface area contributed by atoms with Crippen molar-refractivity contribution in [1.82, 2.24) is 0 Å². The molecule has 3 aliphatic rings. The van der Waals surface area contributed by atoms with E-state index in [1.54, 1.807) is 0 Å². The average molecular weight is 273 g/mol. The van der Waals surface area contributed by atoms with E-state index in [0.717, 1.165) is 25.0 Å². The highest BCUT2D eigenvalue weighted by Gasteiger charge is 2.50. The highest BCUT2D eigenvalue weighted by molar-refractivity contribution is 6.18. The summed E-state index contributed by atoms with van der Waals surface area (Å²) in [5.74, 6) is 1.59. The normalized spacial score (nSPS) is 40.5. The van der Waals surface area contributed by atoms with Gasteiger partial charge < -0.3 is 9.47 Å². The fourth-order valence-corrected chi connectivity index (χ4v) is 4.19. The van der Waals surface area contributed by atoms with Crippen LogP contribution in [0, 0.1) is 11.3 Å². The molecule has 2 nitrogen and oxygen atoms in total. The molecule has 1 aliphatic carbocycles. The number of hydrogen-bond acceptors (Lipinski definition) is 2. The summed E-state index contributed by atoms with van der Waals surface area (Å²) in [7, 11) is 0. The van der Waals surface area contributed by atoms with Crippen LogP contribution in [0.4, 0.5) is 0 Å². The van der Waals surface area contributed by atoms with Crippen LogP contribution in [-0.2, 0) is 9.47 Å². The smallest absolute Gasteiger partial charge is 0.0671 e. The molecule has 1 saturated carbocycles. The Kier molecular flexibility index (Phi) is 4.17. The minimum Gasteiger partial charge on any atom is -0.378 e. The summed E-state index contributed by atoms with van der Waals surface area (Å²) in [5.41, 5.74) is 0.279.